The van der Waals surface area contributed by atoms with Crippen LogP contribution in [0.3, 0.4) is 0 Å². The molecule has 0 aromatic rings. The molecule has 0 aliphatic heterocycles. The van der Waals surface area contributed by atoms with Crippen LogP contribution < -0.4 is 0 Å². The molecular weight excluding hydrogens is 407 g/mol. The van der Waals surface area contributed by atoms with Crippen LogP contribution in [-0.4, -0.2) is 49.9 Å². The second kappa shape index (κ2) is 27.5. The van der Waals surface area contributed by atoms with Gasteiger partial charge in [-0.05, 0) is 12.3 Å². The average molecular weight is 430 g/mol. The minimum Gasteiger partial charge on any atom is -0.450 e. The first kappa shape index (κ1) is 28.3. The maximum atomic E-state index is 8.56. The van der Waals surface area contributed by atoms with E-state index < -0.39 is 12.3 Å². The lowest BCUT2D eigenvalue weighted by Crippen LogP contribution is -2.06. The van der Waals surface area contributed by atoms with Crippen LogP contribution in [0.4, 0.5) is 9.59 Å². The number of rotatable bonds is 6. The van der Waals surface area contributed by atoms with Crippen LogP contribution in [0, 0.1) is 5.92 Å². The summed E-state index contributed by atoms with van der Waals surface area (Å²) >= 11 is 1.34. The lowest BCUT2D eigenvalue weighted by atomic mass is 10.0. The van der Waals surface area contributed by atoms with Gasteiger partial charge in [-0.1, -0.05) is 33.1 Å². The lowest BCUT2D eigenvalue weighted by Gasteiger charge is -2.10. The summed E-state index contributed by atoms with van der Waals surface area (Å²) in [5.41, 5.74) is 0. The number of carboxylic acid groups (broad SMARTS) is 4. The van der Waals surface area contributed by atoms with Crippen molar-refractivity contribution in [3.63, 3.8) is 0 Å². The summed E-state index contributed by atoms with van der Waals surface area (Å²) in [6, 6.07) is 0. The zero-order chi connectivity index (χ0) is 17.7. The Balaban J connectivity index is -0.000000109. The smallest absolute Gasteiger partial charge is 0.450 e. The summed E-state index contributed by atoms with van der Waals surface area (Å²) in [4.78, 5) is 21.2. The Morgan fingerprint density at radius 3 is 1.57 bits per heavy atom. The highest BCUT2D eigenvalue weighted by atomic mass is 127. The van der Waals surface area contributed by atoms with E-state index in [0.717, 1.165) is 6.42 Å². The highest BCUT2D eigenvalue weighted by molar-refractivity contribution is 14.1. The highest BCUT2D eigenvalue weighted by Gasteiger charge is 2.04. The average Bonchev–Trinajstić information content (AvgIpc) is 2.34. The molecule has 0 spiro atoms. The molecule has 0 aliphatic carbocycles. The van der Waals surface area contributed by atoms with Crippen molar-refractivity contribution in [1.82, 2.24) is 0 Å². The van der Waals surface area contributed by atoms with Crippen LogP contribution in [0.1, 0.15) is 39.5 Å². The van der Waals surface area contributed by atoms with Crippen LogP contribution in [0.25, 0.3) is 0 Å². The van der Waals surface area contributed by atoms with Gasteiger partial charge in [0, 0.05) is 0 Å². The summed E-state index contributed by atoms with van der Waals surface area (Å²) in [5.74, 6) is 0.546. The lowest BCUT2D eigenvalue weighted by molar-refractivity contribution is -0.251. The SMILES string of the molecule is CCCCC(CC)COO.O=C(O)O.O=C(O)O.OOI. The quantitative estimate of drug-likeness (QED) is 0.206. The summed E-state index contributed by atoms with van der Waals surface area (Å²) < 4.78 is 3.22. The molecule has 1 atom stereocenters. The molecule has 0 aliphatic rings. The number of hydrogen-bond acceptors (Lipinski definition) is 6. The first-order valence-electron chi connectivity index (χ1n) is 5.75. The standard InChI is InChI=1S/C8H18O2.2CH2O3.HIO2/c1-3-5-6-8(4-2)7-10-9;2*2-1(3)4;1-3-2/h8-9H,3-7H2,1-2H3;2*(H2,2,3,4);2H. The molecule has 0 heterocycles. The van der Waals surface area contributed by atoms with Crippen molar-refractivity contribution in [2.24, 2.45) is 5.92 Å². The summed E-state index contributed by atoms with van der Waals surface area (Å²) in [6.45, 7) is 4.79. The van der Waals surface area contributed by atoms with E-state index in [2.05, 4.69) is 22.0 Å². The third-order valence-electron chi connectivity index (χ3n) is 1.85. The molecule has 21 heavy (non-hydrogen) atoms. The Morgan fingerprint density at radius 2 is 1.38 bits per heavy atom. The second-order valence-corrected chi connectivity index (χ2v) is 3.74. The van der Waals surface area contributed by atoms with Crippen molar-refractivity contribution in [3.8, 4) is 0 Å². The third kappa shape index (κ3) is 85.1. The Bertz CT molecular complexity index is 194. The minimum absolute atomic E-state index is 0.497. The van der Waals surface area contributed by atoms with Crippen LogP contribution in [0.5, 0.6) is 0 Å². The van der Waals surface area contributed by atoms with Crippen molar-refractivity contribution in [2.45, 2.75) is 39.5 Å². The Hall–Kier alpha value is -0.890. The van der Waals surface area contributed by atoms with Crippen LogP contribution >= 0.6 is 23.0 Å². The summed E-state index contributed by atoms with van der Waals surface area (Å²) in [6.07, 6.45) is 1.07. The first-order valence-corrected chi connectivity index (χ1v) is 6.63. The van der Waals surface area contributed by atoms with E-state index in [0.29, 0.717) is 12.5 Å². The Labute approximate surface area is 136 Å². The number of hydrogen-bond donors (Lipinski definition) is 6. The third-order valence-corrected chi connectivity index (χ3v) is 1.85. The normalized spacial score (nSPS) is 9.57. The highest BCUT2D eigenvalue weighted by Crippen LogP contribution is 2.11. The van der Waals surface area contributed by atoms with Crippen molar-refractivity contribution in [2.75, 3.05) is 6.61 Å². The molecule has 0 bridgehead atoms. The molecule has 0 radical (unpaired) electrons. The first-order chi connectivity index (χ1) is 9.72. The molecule has 0 amide bonds. The van der Waals surface area contributed by atoms with Gasteiger partial charge in [-0.25, -0.2) is 19.7 Å². The predicted octanol–water partition coefficient (Wildman–Crippen LogP) is 3.96. The second-order valence-electron chi connectivity index (χ2n) is 3.35. The predicted molar refractivity (Wildman–Crippen MR) is 80.9 cm³/mol. The fourth-order valence-electron chi connectivity index (χ4n) is 1.00. The van der Waals surface area contributed by atoms with E-state index in [9.17, 15) is 0 Å². The Morgan fingerprint density at radius 1 is 1.05 bits per heavy atom. The van der Waals surface area contributed by atoms with E-state index in [-0.39, 0.29) is 0 Å². The monoisotopic (exact) mass is 430 g/mol. The molecule has 11 heteroatoms. The molecular formula is C10H23IO10. The van der Waals surface area contributed by atoms with Gasteiger partial charge in [0.15, 0.2) is 23.0 Å². The number of halogens is 1. The van der Waals surface area contributed by atoms with E-state index in [1.54, 1.807) is 0 Å². The molecule has 1 unspecified atom stereocenters. The van der Waals surface area contributed by atoms with Gasteiger partial charge in [0.25, 0.3) is 0 Å². The van der Waals surface area contributed by atoms with Crippen LogP contribution in [0.15, 0.2) is 0 Å². The van der Waals surface area contributed by atoms with Gasteiger partial charge in [-0.2, -0.15) is 3.22 Å². The molecule has 0 aromatic heterocycles. The van der Waals surface area contributed by atoms with Crippen molar-refractivity contribution >= 4 is 35.3 Å². The molecule has 130 valence electrons. The van der Waals surface area contributed by atoms with Gasteiger partial charge >= 0.3 is 12.3 Å². The molecule has 0 rings (SSSR count). The van der Waals surface area contributed by atoms with Crippen molar-refractivity contribution in [3.05, 3.63) is 0 Å². The van der Waals surface area contributed by atoms with E-state index in [1.807, 2.05) is 0 Å². The van der Waals surface area contributed by atoms with Gasteiger partial charge in [-0.15, -0.1) is 0 Å². The summed E-state index contributed by atoms with van der Waals surface area (Å²) in [5, 5.41) is 43.1. The van der Waals surface area contributed by atoms with E-state index >= 15 is 0 Å². The van der Waals surface area contributed by atoms with Gasteiger partial charge in [-0.3, -0.25) is 5.26 Å². The van der Waals surface area contributed by atoms with Crippen LogP contribution in [-0.2, 0) is 8.10 Å². The van der Waals surface area contributed by atoms with E-state index in [1.165, 1.54) is 42.3 Å². The van der Waals surface area contributed by atoms with Crippen molar-refractivity contribution < 1.29 is 48.6 Å². The molecule has 0 saturated carbocycles. The molecule has 6 N–H and O–H groups in total. The zero-order valence-corrected chi connectivity index (χ0v) is 14.0. The van der Waals surface area contributed by atoms with Gasteiger partial charge in [0.1, 0.15) is 0 Å². The molecule has 0 aromatic carbocycles. The van der Waals surface area contributed by atoms with Crippen molar-refractivity contribution in [1.29, 1.82) is 0 Å². The maximum Gasteiger partial charge on any atom is 0.503 e. The fourth-order valence-corrected chi connectivity index (χ4v) is 1.00. The molecule has 10 nitrogen and oxygen atoms in total. The molecule has 0 saturated heterocycles. The fraction of sp³-hybridized carbons (Fsp3) is 0.800. The Kier molecular flexibility index (Phi) is 37.0. The molecule has 0 fully saturated rings. The largest absolute Gasteiger partial charge is 0.503 e. The van der Waals surface area contributed by atoms with Gasteiger partial charge in [0.2, 0.25) is 0 Å². The topological polar surface area (TPSA) is 174 Å². The minimum atomic E-state index is -1.83. The van der Waals surface area contributed by atoms with E-state index in [4.69, 9.17) is 40.5 Å². The van der Waals surface area contributed by atoms with Gasteiger partial charge in [0.05, 0.1) is 6.61 Å². The zero-order valence-electron chi connectivity index (χ0n) is 11.8. The van der Waals surface area contributed by atoms with Gasteiger partial charge < -0.3 is 20.4 Å². The summed E-state index contributed by atoms with van der Waals surface area (Å²) in [7, 11) is 0. The van der Waals surface area contributed by atoms with Crippen LogP contribution in [0.2, 0.25) is 0 Å². The number of carbonyl (C=O) groups is 2. The number of unbranched alkanes of at least 4 members (excludes halogenated alkanes) is 1. The maximum absolute atomic E-state index is 8.56.